The first-order valence-corrected chi connectivity index (χ1v) is 6.11. The summed E-state index contributed by atoms with van der Waals surface area (Å²) in [6.45, 7) is 1.64. The number of hydrogen-bond acceptors (Lipinski definition) is 4. The maximum absolute atomic E-state index is 13.0. The van der Waals surface area contributed by atoms with Crippen LogP contribution in [-0.4, -0.2) is 17.6 Å². The summed E-state index contributed by atoms with van der Waals surface area (Å²) in [4.78, 5) is 18.0. The number of para-hydroxylation sites is 1. The van der Waals surface area contributed by atoms with Crippen LogP contribution in [0.25, 0.3) is 21.3 Å². The number of carbonyl (C=O) groups excluding carboxylic acids is 1. The molecule has 0 amide bonds. The number of fused-ring (bicyclic) bond motifs is 1. The normalized spacial score (nSPS) is 11.1. The van der Waals surface area contributed by atoms with Gasteiger partial charge in [-0.25, -0.2) is 4.79 Å². The van der Waals surface area contributed by atoms with Gasteiger partial charge < -0.3 is 4.74 Å². The molecule has 0 aliphatic carbocycles. The molecule has 0 radical (unpaired) electrons. The molecule has 2 aromatic rings. The number of carbonyl (C=O) groups is 1. The molecule has 0 fully saturated rings. The molecule has 0 saturated heterocycles. The van der Waals surface area contributed by atoms with Gasteiger partial charge in [0.1, 0.15) is 0 Å². The topological polar surface area (TPSA) is 88.0 Å². The molecule has 0 bridgehead atoms. The highest BCUT2D eigenvalue weighted by molar-refractivity contribution is 6.04. The molecule has 0 aliphatic heterocycles. The second kappa shape index (κ2) is 5.90. The number of aromatic nitrogens is 1. The Morgan fingerprint density at radius 3 is 2.77 bits per heavy atom. The molecule has 1 aromatic carbocycles. The fourth-order valence-corrected chi connectivity index (χ4v) is 1.95. The Bertz CT molecular complexity index is 783. The second-order valence-electron chi connectivity index (χ2n) is 4.13. The quantitative estimate of drug-likeness (QED) is 0.365. The molecular weight excluding hydrogens is 301 g/mol. The van der Waals surface area contributed by atoms with Crippen molar-refractivity contribution < 1.29 is 22.7 Å². The van der Waals surface area contributed by atoms with E-state index in [4.69, 9.17) is 10.3 Å². The maximum Gasteiger partial charge on any atom is 0.418 e. The number of benzene rings is 1. The zero-order valence-corrected chi connectivity index (χ0v) is 11.3. The number of halogens is 3. The summed E-state index contributed by atoms with van der Waals surface area (Å²) < 4.78 is 43.7. The molecule has 1 aromatic heterocycles. The van der Waals surface area contributed by atoms with Crippen molar-refractivity contribution >= 4 is 22.6 Å². The van der Waals surface area contributed by atoms with Gasteiger partial charge in [0, 0.05) is 16.5 Å². The number of alkyl halides is 3. The van der Waals surface area contributed by atoms with Crippen LogP contribution in [-0.2, 0) is 10.9 Å². The lowest BCUT2D eigenvalue weighted by Gasteiger charge is -2.12. The summed E-state index contributed by atoms with van der Waals surface area (Å²) in [5.74, 6) is -0.822. The van der Waals surface area contributed by atoms with Gasteiger partial charge >= 0.3 is 12.1 Å². The van der Waals surface area contributed by atoms with E-state index in [0.717, 1.165) is 18.3 Å². The number of ether oxygens (including phenoxy) is 1. The molecule has 9 heteroatoms. The van der Waals surface area contributed by atoms with Gasteiger partial charge in [-0.1, -0.05) is 17.2 Å². The van der Waals surface area contributed by atoms with E-state index in [0.29, 0.717) is 0 Å². The minimum Gasteiger partial charge on any atom is -0.462 e. The van der Waals surface area contributed by atoms with Gasteiger partial charge in [0.05, 0.1) is 28.9 Å². The summed E-state index contributed by atoms with van der Waals surface area (Å²) in [6.07, 6.45) is -3.70. The molecular formula is C13H9F3N4O2. The van der Waals surface area contributed by atoms with Crippen molar-refractivity contribution in [1.29, 1.82) is 0 Å². The molecule has 114 valence electrons. The van der Waals surface area contributed by atoms with Crippen molar-refractivity contribution in [3.63, 3.8) is 0 Å². The monoisotopic (exact) mass is 310 g/mol. The predicted octanol–water partition coefficient (Wildman–Crippen LogP) is 4.37. The lowest BCUT2D eigenvalue weighted by atomic mass is 10.1. The van der Waals surface area contributed by atoms with Crippen LogP contribution in [0.3, 0.4) is 0 Å². The molecule has 22 heavy (non-hydrogen) atoms. The van der Waals surface area contributed by atoms with Gasteiger partial charge in [-0.15, -0.1) is 0 Å². The van der Waals surface area contributed by atoms with E-state index in [2.05, 4.69) is 15.0 Å². The number of rotatable bonds is 3. The zero-order chi connectivity index (χ0) is 16.3. The third-order valence-electron chi connectivity index (χ3n) is 2.81. The van der Waals surface area contributed by atoms with Gasteiger partial charge in [0.15, 0.2) is 0 Å². The average molecular weight is 310 g/mol. The van der Waals surface area contributed by atoms with Crippen LogP contribution in [0.4, 0.5) is 18.9 Å². The lowest BCUT2D eigenvalue weighted by molar-refractivity contribution is -0.136. The first-order valence-electron chi connectivity index (χ1n) is 6.11. The van der Waals surface area contributed by atoms with Crippen LogP contribution in [0.5, 0.6) is 0 Å². The number of nitrogens with zero attached hydrogens (tertiary/aromatic N) is 4. The minimum atomic E-state index is -4.62. The number of esters is 1. The molecule has 2 rings (SSSR count). The van der Waals surface area contributed by atoms with Gasteiger partial charge in [-0.2, -0.15) is 13.2 Å². The molecule has 0 unspecified atom stereocenters. The standard InChI is InChI=1S/C13H9F3N4O2/c1-2-22-12(21)8-6-18-11-7(10(8)19-20-17)4-3-5-9(11)13(14,15)16/h3-6H,2H2,1H3. The van der Waals surface area contributed by atoms with E-state index in [1.54, 1.807) is 6.92 Å². The SMILES string of the molecule is CCOC(=O)c1cnc2c(C(F)(F)F)cccc2c1N=[N+]=[N-]. The van der Waals surface area contributed by atoms with E-state index in [1.807, 2.05) is 0 Å². The third-order valence-corrected chi connectivity index (χ3v) is 2.81. The first-order chi connectivity index (χ1) is 10.4. The van der Waals surface area contributed by atoms with Crippen LogP contribution >= 0.6 is 0 Å². The molecule has 6 nitrogen and oxygen atoms in total. The second-order valence-corrected chi connectivity index (χ2v) is 4.13. The molecule has 1 heterocycles. The van der Waals surface area contributed by atoms with Gasteiger partial charge in [-0.05, 0) is 18.5 Å². The Morgan fingerprint density at radius 2 is 2.18 bits per heavy atom. The highest BCUT2D eigenvalue weighted by Gasteiger charge is 2.33. The smallest absolute Gasteiger partial charge is 0.418 e. The van der Waals surface area contributed by atoms with Crippen LogP contribution < -0.4 is 0 Å². The number of hydrogen-bond donors (Lipinski definition) is 0. The van der Waals surface area contributed by atoms with E-state index in [1.165, 1.54) is 6.07 Å². The third kappa shape index (κ3) is 2.79. The molecule has 0 spiro atoms. The van der Waals surface area contributed by atoms with Gasteiger partial charge in [-0.3, -0.25) is 4.98 Å². The van der Waals surface area contributed by atoms with Gasteiger partial charge in [0.25, 0.3) is 0 Å². The Balaban J connectivity index is 2.81. The summed E-state index contributed by atoms with van der Waals surface area (Å²) >= 11 is 0. The molecule has 0 atom stereocenters. The van der Waals surface area contributed by atoms with Crippen molar-refractivity contribution in [2.24, 2.45) is 5.11 Å². The summed E-state index contributed by atoms with van der Waals surface area (Å²) in [7, 11) is 0. The van der Waals surface area contributed by atoms with Crippen molar-refractivity contribution in [2.45, 2.75) is 13.1 Å². The van der Waals surface area contributed by atoms with E-state index in [-0.39, 0.29) is 23.2 Å². The fourth-order valence-electron chi connectivity index (χ4n) is 1.95. The Labute approximate surface area is 122 Å². The van der Waals surface area contributed by atoms with Crippen LogP contribution in [0.15, 0.2) is 29.5 Å². The van der Waals surface area contributed by atoms with Crippen LogP contribution in [0, 0.1) is 0 Å². The van der Waals surface area contributed by atoms with E-state index in [9.17, 15) is 18.0 Å². The zero-order valence-electron chi connectivity index (χ0n) is 11.3. The summed E-state index contributed by atoms with van der Waals surface area (Å²) in [6, 6.07) is 3.31. The van der Waals surface area contributed by atoms with Crippen molar-refractivity contribution in [3.05, 3.63) is 46.0 Å². The summed E-state index contributed by atoms with van der Waals surface area (Å²) in [5.41, 5.74) is 6.81. The maximum atomic E-state index is 13.0. The van der Waals surface area contributed by atoms with Crippen molar-refractivity contribution in [3.8, 4) is 0 Å². The first kappa shape index (κ1) is 15.6. The predicted molar refractivity (Wildman–Crippen MR) is 71.5 cm³/mol. The Hall–Kier alpha value is -2.80. The number of azide groups is 1. The van der Waals surface area contributed by atoms with Crippen LogP contribution in [0.2, 0.25) is 0 Å². The lowest BCUT2D eigenvalue weighted by Crippen LogP contribution is -2.09. The van der Waals surface area contributed by atoms with Gasteiger partial charge in [0.2, 0.25) is 0 Å². The minimum absolute atomic E-state index is 0.0647. The summed E-state index contributed by atoms with van der Waals surface area (Å²) in [5, 5.41) is 3.26. The molecule has 0 saturated carbocycles. The molecule has 0 aliphatic rings. The van der Waals surface area contributed by atoms with Crippen LogP contribution in [0.1, 0.15) is 22.8 Å². The van der Waals surface area contributed by atoms with E-state index < -0.39 is 23.2 Å². The average Bonchev–Trinajstić information content (AvgIpc) is 2.46. The van der Waals surface area contributed by atoms with E-state index >= 15 is 0 Å². The highest BCUT2D eigenvalue weighted by Crippen LogP contribution is 2.38. The molecule has 0 N–H and O–H groups in total. The Morgan fingerprint density at radius 1 is 1.45 bits per heavy atom. The number of pyridine rings is 1. The highest BCUT2D eigenvalue weighted by atomic mass is 19.4. The largest absolute Gasteiger partial charge is 0.462 e. The fraction of sp³-hybridized carbons (Fsp3) is 0.231. The van der Waals surface area contributed by atoms with Crippen molar-refractivity contribution in [1.82, 2.24) is 4.98 Å². The van der Waals surface area contributed by atoms with Crippen molar-refractivity contribution in [2.75, 3.05) is 6.61 Å². The Kier molecular flexibility index (Phi) is 4.18.